The van der Waals surface area contributed by atoms with Crippen LogP contribution in [-0.4, -0.2) is 12.0 Å². The molecule has 1 aromatic carbocycles. The maximum absolute atomic E-state index is 8.92. The van der Waals surface area contributed by atoms with Gasteiger partial charge in [0.25, 0.3) is 0 Å². The Hall–Kier alpha value is -2.08. The molecule has 0 saturated carbocycles. The van der Waals surface area contributed by atoms with E-state index in [0.717, 1.165) is 16.6 Å². The molecule has 0 saturated heterocycles. The lowest BCUT2D eigenvalue weighted by Gasteiger charge is -2.10. The molecule has 2 rings (SSSR count). The number of hydrogen-bond donors (Lipinski definition) is 1. The maximum Gasteiger partial charge on any atom is 0.143 e. The lowest BCUT2D eigenvalue weighted by Crippen LogP contribution is -1.96. The number of pyridine rings is 1. The number of fused-ring (bicyclic) bond motifs is 1. The van der Waals surface area contributed by atoms with Crippen molar-refractivity contribution >= 4 is 16.6 Å². The van der Waals surface area contributed by atoms with Crippen LogP contribution in [0.1, 0.15) is 31.0 Å². The number of aromatic nitrogens is 1. The number of anilines is 1. The molecule has 2 aromatic rings. The minimum atomic E-state index is 0.444. The first-order chi connectivity index (χ1) is 8.15. The minimum Gasteiger partial charge on any atom is -0.387 e. The van der Waals surface area contributed by atoms with Crippen LogP contribution in [-0.2, 0) is 0 Å². The van der Waals surface area contributed by atoms with Crippen LogP contribution in [0.4, 0.5) is 5.69 Å². The molecule has 17 heavy (non-hydrogen) atoms. The average Bonchev–Trinajstić information content (AvgIpc) is 2.36. The number of nitrogens with zero attached hydrogens (tertiary/aromatic N) is 2. The van der Waals surface area contributed by atoms with E-state index in [4.69, 9.17) is 5.26 Å². The van der Waals surface area contributed by atoms with Crippen LogP contribution >= 0.6 is 0 Å². The van der Waals surface area contributed by atoms with Crippen LogP contribution in [0.2, 0.25) is 0 Å². The fourth-order valence-corrected chi connectivity index (χ4v) is 1.87. The number of nitriles is 1. The van der Waals surface area contributed by atoms with Crippen molar-refractivity contribution in [2.45, 2.75) is 19.8 Å². The Morgan fingerprint density at radius 2 is 2.06 bits per heavy atom. The molecule has 0 aliphatic carbocycles. The van der Waals surface area contributed by atoms with Crippen LogP contribution in [0, 0.1) is 11.3 Å². The highest BCUT2D eigenvalue weighted by molar-refractivity contribution is 5.92. The fourth-order valence-electron chi connectivity index (χ4n) is 1.87. The minimum absolute atomic E-state index is 0.444. The second kappa shape index (κ2) is 4.42. The monoisotopic (exact) mass is 225 g/mol. The van der Waals surface area contributed by atoms with Gasteiger partial charge in [-0.15, -0.1) is 0 Å². The van der Waals surface area contributed by atoms with Crippen LogP contribution < -0.4 is 5.32 Å². The third-order valence-corrected chi connectivity index (χ3v) is 2.88. The summed E-state index contributed by atoms with van der Waals surface area (Å²) >= 11 is 0. The summed E-state index contributed by atoms with van der Waals surface area (Å²) in [6.07, 6.45) is 0. The molecule has 0 atom stereocenters. The summed E-state index contributed by atoms with van der Waals surface area (Å²) in [4.78, 5) is 4.30. The lowest BCUT2D eigenvalue weighted by atomic mass is 10.0. The van der Waals surface area contributed by atoms with Crippen LogP contribution in [0.3, 0.4) is 0 Å². The zero-order valence-corrected chi connectivity index (χ0v) is 10.3. The Morgan fingerprint density at radius 1 is 1.29 bits per heavy atom. The van der Waals surface area contributed by atoms with Crippen molar-refractivity contribution in [3.63, 3.8) is 0 Å². The normalized spacial score (nSPS) is 10.5. The van der Waals surface area contributed by atoms with Gasteiger partial charge in [-0.05, 0) is 29.7 Å². The highest BCUT2D eigenvalue weighted by atomic mass is 14.8. The Bertz CT molecular complexity index is 594. The van der Waals surface area contributed by atoms with Crippen molar-refractivity contribution in [3.8, 4) is 6.07 Å². The predicted molar refractivity (Wildman–Crippen MR) is 70.1 cm³/mol. The molecular formula is C14H15N3. The van der Waals surface area contributed by atoms with Crippen LogP contribution in [0.5, 0.6) is 0 Å². The standard InChI is InChI=1S/C14H15N3/c1-9(2)10-4-5-13-12(6-10)14(16-3)7-11(8-15)17-13/h4-7,9H,1-3H3,(H,16,17). The van der Waals surface area contributed by atoms with E-state index in [1.54, 1.807) is 6.07 Å². The van der Waals surface area contributed by atoms with Crippen molar-refractivity contribution in [3.05, 3.63) is 35.5 Å². The Morgan fingerprint density at radius 3 is 2.65 bits per heavy atom. The summed E-state index contributed by atoms with van der Waals surface area (Å²) in [5.74, 6) is 0.486. The predicted octanol–water partition coefficient (Wildman–Crippen LogP) is 3.27. The first kappa shape index (κ1) is 11.4. The number of hydrogen-bond acceptors (Lipinski definition) is 3. The molecule has 3 nitrogen and oxygen atoms in total. The van der Waals surface area contributed by atoms with Gasteiger partial charge in [0.05, 0.1) is 5.52 Å². The van der Waals surface area contributed by atoms with E-state index >= 15 is 0 Å². The smallest absolute Gasteiger partial charge is 0.143 e. The van der Waals surface area contributed by atoms with E-state index in [1.165, 1.54) is 5.56 Å². The topological polar surface area (TPSA) is 48.7 Å². The molecule has 0 radical (unpaired) electrons. The molecule has 0 fully saturated rings. The summed E-state index contributed by atoms with van der Waals surface area (Å²) < 4.78 is 0. The molecule has 1 heterocycles. The van der Waals surface area contributed by atoms with Crippen molar-refractivity contribution in [1.82, 2.24) is 4.98 Å². The Labute approximate surface area is 101 Å². The molecule has 86 valence electrons. The third-order valence-electron chi connectivity index (χ3n) is 2.88. The molecule has 0 aliphatic rings. The fraction of sp³-hybridized carbons (Fsp3) is 0.286. The van der Waals surface area contributed by atoms with Gasteiger partial charge in [0.1, 0.15) is 11.8 Å². The van der Waals surface area contributed by atoms with E-state index in [0.29, 0.717) is 11.6 Å². The molecular weight excluding hydrogens is 210 g/mol. The number of benzene rings is 1. The first-order valence-electron chi connectivity index (χ1n) is 5.68. The first-order valence-corrected chi connectivity index (χ1v) is 5.68. The molecule has 0 unspecified atom stereocenters. The Kier molecular flexibility index (Phi) is 2.97. The van der Waals surface area contributed by atoms with Gasteiger partial charge in [0.2, 0.25) is 0 Å². The van der Waals surface area contributed by atoms with Gasteiger partial charge in [0, 0.05) is 18.1 Å². The van der Waals surface area contributed by atoms with Gasteiger partial charge in [-0.2, -0.15) is 5.26 Å². The molecule has 1 aromatic heterocycles. The van der Waals surface area contributed by atoms with Gasteiger partial charge in [-0.3, -0.25) is 0 Å². The maximum atomic E-state index is 8.92. The number of nitrogens with one attached hydrogen (secondary N) is 1. The van der Waals surface area contributed by atoms with E-state index in [1.807, 2.05) is 13.1 Å². The largest absolute Gasteiger partial charge is 0.387 e. The quantitative estimate of drug-likeness (QED) is 0.853. The molecule has 1 N–H and O–H groups in total. The van der Waals surface area contributed by atoms with Crippen molar-refractivity contribution in [1.29, 1.82) is 5.26 Å². The summed E-state index contributed by atoms with van der Waals surface area (Å²) in [7, 11) is 1.86. The average molecular weight is 225 g/mol. The van der Waals surface area contributed by atoms with E-state index < -0.39 is 0 Å². The van der Waals surface area contributed by atoms with E-state index in [-0.39, 0.29) is 0 Å². The third kappa shape index (κ3) is 2.07. The summed E-state index contributed by atoms with van der Waals surface area (Å²) in [6, 6.07) is 10.1. The van der Waals surface area contributed by atoms with Crippen LogP contribution in [0.15, 0.2) is 24.3 Å². The molecule has 0 bridgehead atoms. The van der Waals surface area contributed by atoms with E-state index in [2.05, 4.69) is 42.4 Å². The van der Waals surface area contributed by atoms with Crippen molar-refractivity contribution in [2.75, 3.05) is 12.4 Å². The second-order valence-electron chi connectivity index (χ2n) is 4.35. The van der Waals surface area contributed by atoms with Gasteiger partial charge in [0.15, 0.2) is 0 Å². The molecule has 0 spiro atoms. The molecule has 0 amide bonds. The highest BCUT2D eigenvalue weighted by Gasteiger charge is 2.07. The van der Waals surface area contributed by atoms with Gasteiger partial charge >= 0.3 is 0 Å². The van der Waals surface area contributed by atoms with Gasteiger partial charge in [-0.1, -0.05) is 19.9 Å². The zero-order valence-electron chi connectivity index (χ0n) is 10.3. The van der Waals surface area contributed by atoms with Crippen molar-refractivity contribution < 1.29 is 0 Å². The summed E-state index contributed by atoms with van der Waals surface area (Å²) in [6.45, 7) is 4.33. The Balaban J connectivity index is 2.73. The lowest BCUT2D eigenvalue weighted by molar-refractivity contribution is 0.868. The number of rotatable bonds is 2. The summed E-state index contributed by atoms with van der Waals surface area (Å²) in [5.41, 5.74) is 3.53. The second-order valence-corrected chi connectivity index (χ2v) is 4.35. The van der Waals surface area contributed by atoms with E-state index in [9.17, 15) is 0 Å². The van der Waals surface area contributed by atoms with Crippen molar-refractivity contribution in [2.24, 2.45) is 0 Å². The van der Waals surface area contributed by atoms with Gasteiger partial charge < -0.3 is 5.32 Å². The molecule has 3 heteroatoms. The van der Waals surface area contributed by atoms with Crippen LogP contribution in [0.25, 0.3) is 10.9 Å². The van der Waals surface area contributed by atoms with Gasteiger partial charge in [-0.25, -0.2) is 4.98 Å². The molecule has 0 aliphatic heterocycles. The zero-order chi connectivity index (χ0) is 12.4. The summed E-state index contributed by atoms with van der Waals surface area (Å²) in [5, 5.41) is 13.1. The SMILES string of the molecule is CNc1cc(C#N)nc2ccc(C(C)C)cc12. The highest BCUT2D eigenvalue weighted by Crippen LogP contribution is 2.26.